The molecule has 2 fully saturated rings. The van der Waals surface area contributed by atoms with Crippen LogP contribution >= 0.6 is 0 Å². The van der Waals surface area contributed by atoms with E-state index in [1.54, 1.807) is 25.1 Å². The molecule has 0 aromatic heterocycles. The van der Waals surface area contributed by atoms with Crippen LogP contribution in [-0.4, -0.2) is 76.3 Å². The predicted octanol–water partition coefficient (Wildman–Crippen LogP) is -0.317. The molecule has 1 aliphatic carbocycles. The van der Waals surface area contributed by atoms with Gasteiger partial charge >= 0.3 is 0 Å². The molecule has 1 saturated carbocycles. The van der Waals surface area contributed by atoms with Gasteiger partial charge in [-0.1, -0.05) is 18.7 Å². The first-order valence-corrected chi connectivity index (χ1v) is 9.16. The van der Waals surface area contributed by atoms with Crippen molar-refractivity contribution < 1.29 is 39.4 Å². The Labute approximate surface area is 167 Å². The van der Waals surface area contributed by atoms with Gasteiger partial charge in [-0.25, -0.2) is 0 Å². The lowest BCUT2D eigenvalue weighted by Crippen LogP contribution is -2.67. The molecule has 0 bridgehead atoms. The zero-order valence-corrected chi connectivity index (χ0v) is 15.9. The predicted molar refractivity (Wildman–Crippen MR) is 102 cm³/mol. The zero-order valence-electron chi connectivity index (χ0n) is 15.9. The fourth-order valence-corrected chi connectivity index (χ4v) is 3.43. The molecule has 6 atom stereocenters. The van der Waals surface area contributed by atoms with Crippen molar-refractivity contribution in [2.24, 2.45) is 0 Å². The Morgan fingerprint density at radius 2 is 1.93 bits per heavy atom. The van der Waals surface area contributed by atoms with Gasteiger partial charge in [-0.05, 0) is 30.7 Å². The summed E-state index contributed by atoms with van der Waals surface area (Å²) in [5, 5.41) is 43.4. The van der Waals surface area contributed by atoms with Crippen LogP contribution < -0.4 is 10.1 Å². The highest BCUT2D eigenvalue weighted by Gasteiger charge is 2.53. The van der Waals surface area contributed by atoms with E-state index < -0.39 is 42.5 Å². The lowest BCUT2D eigenvalue weighted by atomic mass is 9.83. The molecule has 1 heterocycles. The van der Waals surface area contributed by atoms with Crippen molar-refractivity contribution in [3.63, 3.8) is 0 Å². The minimum absolute atomic E-state index is 0.0838. The van der Waals surface area contributed by atoms with Crippen molar-refractivity contribution in [2.75, 3.05) is 13.4 Å². The number of nitrogens with one attached hydrogen (secondary N) is 1. The van der Waals surface area contributed by atoms with E-state index in [0.29, 0.717) is 11.3 Å². The SMILES string of the molecule is C=CCOc1ccc(/C=C(\C)C(=O)NC2C(O)C(O)C3OCOC3C2O)cc1O. The van der Waals surface area contributed by atoms with Crippen LogP contribution in [0.1, 0.15) is 12.5 Å². The first kappa shape index (κ1) is 21.3. The number of phenolic OH excluding ortho intramolecular Hbond substituents is 1. The number of amides is 1. The van der Waals surface area contributed by atoms with E-state index >= 15 is 0 Å². The molecule has 0 radical (unpaired) electrons. The summed E-state index contributed by atoms with van der Waals surface area (Å²) in [7, 11) is 0. The standard InChI is InChI=1S/C20H25NO8/c1-3-6-27-13-5-4-11(8-12(13)22)7-10(2)20(26)21-14-15(23)17(25)19-18(16(14)24)28-9-29-19/h3-5,7-8,14-19,22-25H,1,6,9H2,2H3,(H,21,26)/b10-7+. The number of aliphatic hydroxyl groups excluding tert-OH is 3. The fourth-order valence-electron chi connectivity index (χ4n) is 3.43. The van der Waals surface area contributed by atoms with E-state index in [0.717, 1.165) is 0 Å². The molecule has 3 rings (SSSR count). The maximum absolute atomic E-state index is 12.5. The third-order valence-electron chi connectivity index (χ3n) is 4.98. The van der Waals surface area contributed by atoms with Gasteiger partial charge in [0, 0.05) is 5.57 Å². The molecule has 9 nitrogen and oxygen atoms in total. The van der Waals surface area contributed by atoms with Crippen molar-refractivity contribution in [1.29, 1.82) is 0 Å². The van der Waals surface area contributed by atoms with E-state index in [9.17, 15) is 25.2 Å². The number of fused-ring (bicyclic) bond motifs is 1. The smallest absolute Gasteiger partial charge is 0.247 e. The normalized spacial score (nSPS) is 31.8. The van der Waals surface area contributed by atoms with E-state index in [4.69, 9.17) is 14.2 Å². The van der Waals surface area contributed by atoms with Gasteiger partial charge in [-0.3, -0.25) is 4.79 Å². The maximum Gasteiger partial charge on any atom is 0.247 e. The van der Waals surface area contributed by atoms with Crippen LogP contribution in [0.5, 0.6) is 11.5 Å². The Morgan fingerprint density at radius 1 is 1.24 bits per heavy atom. The highest BCUT2D eigenvalue weighted by molar-refractivity contribution is 5.97. The molecule has 1 aliphatic heterocycles. The van der Waals surface area contributed by atoms with Crippen LogP contribution in [0.2, 0.25) is 0 Å². The van der Waals surface area contributed by atoms with Crippen molar-refractivity contribution in [1.82, 2.24) is 5.32 Å². The Bertz CT molecular complexity index is 795. The third-order valence-corrected chi connectivity index (χ3v) is 4.98. The second-order valence-electron chi connectivity index (χ2n) is 7.01. The van der Waals surface area contributed by atoms with Gasteiger partial charge < -0.3 is 40.0 Å². The number of carbonyl (C=O) groups excluding carboxylic acids is 1. The van der Waals surface area contributed by atoms with Crippen molar-refractivity contribution in [2.45, 2.75) is 43.5 Å². The summed E-state index contributed by atoms with van der Waals surface area (Å²) in [6.45, 7) is 5.23. The monoisotopic (exact) mass is 407 g/mol. The average Bonchev–Trinajstić information content (AvgIpc) is 3.19. The fraction of sp³-hybridized carbons (Fsp3) is 0.450. The second kappa shape index (κ2) is 8.93. The molecule has 29 heavy (non-hydrogen) atoms. The molecular weight excluding hydrogens is 382 g/mol. The molecule has 158 valence electrons. The molecule has 9 heteroatoms. The van der Waals surface area contributed by atoms with Gasteiger partial charge in [0.25, 0.3) is 0 Å². The minimum atomic E-state index is -1.42. The molecule has 6 unspecified atom stereocenters. The first-order valence-electron chi connectivity index (χ1n) is 9.16. The van der Waals surface area contributed by atoms with Gasteiger partial charge in [-0.15, -0.1) is 0 Å². The summed E-state index contributed by atoms with van der Waals surface area (Å²) < 4.78 is 15.7. The van der Waals surface area contributed by atoms with Gasteiger partial charge in [-0.2, -0.15) is 0 Å². The summed E-state index contributed by atoms with van der Waals surface area (Å²) >= 11 is 0. The van der Waals surface area contributed by atoms with E-state index in [1.807, 2.05) is 0 Å². The highest BCUT2D eigenvalue weighted by atomic mass is 16.7. The third kappa shape index (κ3) is 4.44. The number of phenols is 1. The van der Waals surface area contributed by atoms with Crippen molar-refractivity contribution in [3.8, 4) is 11.5 Å². The number of hydrogen-bond donors (Lipinski definition) is 5. The van der Waals surface area contributed by atoms with Gasteiger partial charge in [0.2, 0.25) is 5.91 Å². The molecule has 5 N–H and O–H groups in total. The number of hydrogen-bond acceptors (Lipinski definition) is 8. The first-order chi connectivity index (χ1) is 13.8. The van der Waals surface area contributed by atoms with Gasteiger partial charge in [0.1, 0.15) is 43.9 Å². The van der Waals surface area contributed by atoms with Crippen molar-refractivity contribution in [3.05, 3.63) is 42.0 Å². The summed E-state index contributed by atoms with van der Waals surface area (Å²) in [5.74, 6) is -0.344. The van der Waals surface area contributed by atoms with Crippen LogP contribution in [0.4, 0.5) is 0 Å². The number of carbonyl (C=O) groups is 1. The van der Waals surface area contributed by atoms with Crippen LogP contribution in [-0.2, 0) is 14.3 Å². The second-order valence-corrected chi connectivity index (χ2v) is 7.01. The summed E-state index contributed by atoms with van der Waals surface area (Å²) in [5.41, 5.74) is 0.822. The lowest BCUT2D eigenvalue weighted by molar-refractivity contribution is -0.155. The molecule has 1 saturated heterocycles. The highest BCUT2D eigenvalue weighted by Crippen LogP contribution is 2.30. The Kier molecular flexibility index (Phi) is 6.56. The van der Waals surface area contributed by atoms with Crippen LogP contribution in [0.3, 0.4) is 0 Å². The summed E-state index contributed by atoms with van der Waals surface area (Å²) in [6, 6.07) is 3.54. The van der Waals surface area contributed by atoms with Crippen molar-refractivity contribution >= 4 is 12.0 Å². The maximum atomic E-state index is 12.5. The molecular formula is C20H25NO8. The largest absolute Gasteiger partial charge is 0.504 e. The minimum Gasteiger partial charge on any atom is -0.504 e. The molecule has 2 aliphatic rings. The number of aliphatic hydroxyl groups is 3. The number of ether oxygens (including phenoxy) is 3. The molecule has 1 aromatic carbocycles. The Morgan fingerprint density at radius 3 is 2.59 bits per heavy atom. The van der Waals surface area contributed by atoms with Crippen LogP contribution in [0.25, 0.3) is 6.08 Å². The van der Waals surface area contributed by atoms with Gasteiger partial charge in [0.15, 0.2) is 11.5 Å². The topological polar surface area (TPSA) is 138 Å². The zero-order chi connectivity index (χ0) is 21.1. The Balaban J connectivity index is 1.69. The molecule has 1 aromatic rings. The van der Waals surface area contributed by atoms with Crippen LogP contribution in [0, 0.1) is 0 Å². The number of rotatable bonds is 6. The average molecular weight is 407 g/mol. The van der Waals surface area contributed by atoms with Gasteiger partial charge in [0.05, 0.1) is 6.04 Å². The van der Waals surface area contributed by atoms with E-state index in [-0.39, 0.29) is 24.7 Å². The molecule has 1 amide bonds. The number of benzene rings is 1. The lowest BCUT2D eigenvalue weighted by Gasteiger charge is -2.41. The number of aromatic hydroxyl groups is 1. The van der Waals surface area contributed by atoms with E-state index in [1.165, 1.54) is 12.1 Å². The quantitative estimate of drug-likeness (QED) is 0.320. The molecule has 0 spiro atoms. The summed E-state index contributed by atoms with van der Waals surface area (Å²) in [4.78, 5) is 12.5. The van der Waals surface area contributed by atoms with E-state index in [2.05, 4.69) is 11.9 Å². The Hall–Kier alpha value is -2.43. The van der Waals surface area contributed by atoms with Crippen LogP contribution in [0.15, 0.2) is 36.4 Å². The summed E-state index contributed by atoms with van der Waals surface area (Å²) in [6.07, 6.45) is -2.59.